The number of methoxy groups -OCH3 is 1. The lowest BCUT2D eigenvalue weighted by molar-refractivity contribution is -0.140. The first-order chi connectivity index (χ1) is 13.5. The van der Waals surface area contributed by atoms with Crippen LogP contribution in [0.4, 0.5) is 0 Å². The van der Waals surface area contributed by atoms with Crippen LogP contribution in [0, 0.1) is 0 Å². The Labute approximate surface area is 165 Å². The highest BCUT2D eigenvalue weighted by atomic mass is 16.6. The number of carbonyl (C=O) groups excluding carboxylic acids is 2. The van der Waals surface area contributed by atoms with Crippen molar-refractivity contribution in [2.75, 3.05) is 7.11 Å². The maximum Gasteiger partial charge on any atom is 0.341 e. The minimum Gasteiger partial charge on any atom is -0.497 e. The summed E-state index contributed by atoms with van der Waals surface area (Å²) in [6.45, 7) is 3.54. The topological polar surface area (TPSA) is 65.0 Å². The monoisotopic (exact) mass is 379 g/mol. The standard InChI is InChI=1S/C23H25NO4/c1-4-14-23(22(26)28-21(24-23)18-8-6-5-7-9-18)20(15-16(2)25)17-10-12-19(27-3)13-11-17/h5-13,20H,4,14-15H2,1-3H3/t20-,23+/m0/s1. The summed E-state index contributed by atoms with van der Waals surface area (Å²) in [7, 11) is 1.60. The maximum atomic E-state index is 13.1. The number of cyclic esters (lactones) is 1. The van der Waals surface area contributed by atoms with Gasteiger partial charge < -0.3 is 14.3 Å². The molecule has 2 atom stereocenters. The van der Waals surface area contributed by atoms with Crippen LogP contribution in [0.5, 0.6) is 5.75 Å². The smallest absolute Gasteiger partial charge is 0.341 e. The van der Waals surface area contributed by atoms with Gasteiger partial charge in [-0.3, -0.25) is 0 Å². The van der Waals surface area contributed by atoms with Gasteiger partial charge in [0.25, 0.3) is 0 Å². The average molecular weight is 379 g/mol. The van der Waals surface area contributed by atoms with Gasteiger partial charge in [-0.15, -0.1) is 0 Å². The molecule has 0 saturated carbocycles. The molecule has 2 aromatic carbocycles. The molecule has 28 heavy (non-hydrogen) atoms. The highest BCUT2D eigenvalue weighted by Crippen LogP contribution is 2.43. The van der Waals surface area contributed by atoms with E-state index in [1.807, 2.05) is 61.5 Å². The van der Waals surface area contributed by atoms with Crippen LogP contribution in [0.2, 0.25) is 0 Å². The van der Waals surface area contributed by atoms with Crippen LogP contribution in [0.15, 0.2) is 59.6 Å². The van der Waals surface area contributed by atoms with Crippen molar-refractivity contribution in [2.24, 2.45) is 4.99 Å². The number of carbonyl (C=O) groups is 2. The fourth-order valence-electron chi connectivity index (χ4n) is 3.75. The summed E-state index contributed by atoms with van der Waals surface area (Å²) in [5.41, 5.74) is 0.518. The Morgan fingerprint density at radius 3 is 2.39 bits per heavy atom. The van der Waals surface area contributed by atoms with Gasteiger partial charge in [0.15, 0.2) is 5.54 Å². The van der Waals surface area contributed by atoms with Crippen LogP contribution < -0.4 is 4.74 Å². The summed E-state index contributed by atoms with van der Waals surface area (Å²) in [5.74, 6) is 0.255. The van der Waals surface area contributed by atoms with E-state index in [2.05, 4.69) is 0 Å². The van der Waals surface area contributed by atoms with Gasteiger partial charge in [0.1, 0.15) is 11.5 Å². The molecule has 0 bridgehead atoms. The Bertz CT molecular complexity index is 873. The van der Waals surface area contributed by atoms with E-state index in [4.69, 9.17) is 14.5 Å². The Hall–Kier alpha value is -2.95. The van der Waals surface area contributed by atoms with E-state index >= 15 is 0 Å². The third kappa shape index (κ3) is 3.84. The molecule has 0 saturated heterocycles. The number of benzene rings is 2. The molecule has 1 aliphatic heterocycles. The molecule has 1 aliphatic rings. The lowest BCUT2D eigenvalue weighted by Gasteiger charge is -2.31. The minimum absolute atomic E-state index is 0.00690. The first-order valence-electron chi connectivity index (χ1n) is 9.51. The molecular weight excluding hydrogens is 354 g/mol. The number of ether oxygens (including phenoxy) is 2. The van der Waals surface area contributed by atoms with Crippen molar-refractivity contribution in [2.45, 2.75) is 44.6 Å². The molecule has 0 unspecified atom stereocenters. The molecule has 5 heteroatoms. The second kappa shape index (κ2) is 8.38. The van der Waals surface area contributed by atoms with Gasteiger partial charge in [0.05, 0.1) is 7.11 Å². The number of nitrogens with zero attached hydrogens (tertiary/aromatic N) is 1. The van der Waals surface area contributed by atoms with Crippen molar-refractivity contribution in [3.63, 3.8) is 0 Å². The number of ketones is 1. The normalized spacial score (nSPS) is 19.7. The summed E-state index contributed by atoms with van der Waals surface area (Å²) < 4.78 is 10.9. The molecule has 0 spiro atoms. The maximum absolute atomic E-state index is 13.1. The van der Waals surface area contributed by atoms with Crippen LogP contribution >= 0.6 is 0 Å². The predicted octanol–water partition coefficient (Wildman–Crippen LogP) is 4.30. The van der Waals surface area contributed by atoms with Crippen molar-refractivity contribution < 1.29 is 19.1 Å². The highest BCUT2D eigenvalue weighted by molar-refractivity contribution is 6.08. The van der Waals surface area contributed by atoms with E-state index < -0.39 is 17.4 Å². The van der Waals surface area contributed by atoms with E-state index in [0.717, 1.165) is 23.3 Å². The quantitative estimate of drug-likeness (QED) is 0.642. The zero-order chi connectivity index (χ0) is 20.1. The number of hydrogen-bond donors (Lipinski definition) is 0. The van der Waals surface area contributed by atoms with E-state index in [1.54, 1.807) is 7.11 Å². The zero-order valence-electron chi connectivity index (χ0n) is 16.5. The van der Waals surface area contributed by atoms with Crippen LogP contribution in [-0.4, -0.2) is 30.3 Å². The van der Waals surface area contributed by atoms with Crippen molar-refractivity contribution in [3.8, 4) is 5.75 Å². The first-order valence-corrected chi connectivity index (χ1v) is 9.51. The number of aliphatic imine (C=N–C) groups is 1. The summed E-state index contributed by atoms with van der Waals surface area (Å²) in [6.07, 6.45) is 1.46. The number of hydrogen-bond acceptors (Lipinski definition) is 5. The van der Waals surface area contributed by atoms with E-state index in [-0.39, 0.29) is 12.2 Å². The SMILES string of the molecule is CCC[C@]1([C@@H](CC(C)=O)c2ccc(OC)cc2)N=C(c2ccccc2)OC1=O. The van der Waals surface area contributed by atoms with E-state index in [0.29, 0.717) is 12.3 Å². The van der Waals surface area contributed by atoms with Gasteiger partial charge in [-0.05, 0) is 43.2 Å². The first kappa shape index (κ1) is 19.8. The Kier molecular flexibility index (Phi) is 5.93. The van der Waals surface area contributed by atoms with Gasteiger partial charge in [0.2, 0.25) is 5.90 Å². The van der Waals surface area contributed by atoms with Crippen LogP contribution in [-0.2, 0) is 14.3 Å². The second-order valence-electron chi connectivity index (χ2n) is 7.08. The Morgan fingerprint density at radius 1 is 1.14 bits per heavy atom. The largest absolute Gasteiger partial charge is 0.497 e. The average Bonchev–Trinajstić information content (AvgIpc) is 3.04. The molecule has 146 valence electrons. The summed E-state index contributed by atoms with van der Waals surface area (Å²) in [6, 6.07) is 16.8. The van der Waals surface area contributed by atoms with Gasteiger partial charge in [0, 0.05) is 17.9 Å². The molecule has 0 aliphatic carbocycles. The van der Waals surface area contributed by atoms with Crippen LogP contribution in [0.3, 0.4) is 0 Å². The number of esters is 1. The van der Waals surface area contributed by atoms with Crippen molar-refractivity contribution >= 4 is 17.7 Å². The molecule has 3 rings (SSSR count). The molecule has 0 radical (unpaired) electrons. The van der Waals surface area contributed by atoms with E-state index in [9.17, 15) is 9.59 Å². The number of Topliss-reactive ketones (excluding diaryl/α,β-unsaturated/α-hetero) is 1. The van der Waals surface area contributed by atoms with Gasteiger partial charge in [-0.2, -0.15) is 0 Å². The third-order valence-electron chi connectivity index (χ3n) is 5.08. The molecule has 1 heterocycles. The summed E-state index contributed by atoms with van der Waals surface area (Å²) >= 11 is 0. The van der Waals surface area contributed by atoms with Crippen LogP contribution in [0.1, 0.15) is 50.2 Å². The number of rotatable bonds is 8. The van der Waals surface area contributed by atoms with Crippen LogP contribution in [0.25, 0.3) is 0 Å². The lowest BCUT2D eigenvalue weighted by Crippen LogP contribution is -2.41. The summed E-state index contributed by atoms with van der Waals surface area (Å²) in [5, 5.41) is 0. The van der Waals surface area contributed by atoms with Gasteiger partial charge >= 0.3 is 5.97 Å². The van der Waals surface area contributed by atoms with Gasteiger partial charge in [-0.25, -0.2) is 9.79 Å². The fraction of sp³-hybridized carbons (Fsp3) is 0.348. The molecule has 0 fully saturated rings. The molecule has 2 aromatic rings. The molecule has 0 aromatic heterocycles. The highest BCUT2D eigenvalue weighted by Gasteiger charge is 2.52. The van der Waals surface area contributed by atoms with Gasteiger partial charge in [-0.1, -0.05) is 43.7 Å². The summed E-state index contributed by atoms with van der Waals surface area (Å²) in [4.78, 5) is 30.0. The van der Waals surface area contributed by atoms with Crippen molar-refractivity contribution in [3.05, 3.63) is 65.7 Å². The molecule has 0 amide bonds. The zero-order valence-corrected chi connectivity index (χ0v) is 16.5. The van der Waals surface area contributed by atoms with E-state index in [1.165, 1.54) is 6.92 Å². The molecule has 0 N–H and O–H groups in total. The minimum atomic E-state index is -1.11. The van der Waals surface area contributed by atoms with Crippen molar-refractivity contribution in [1.82, 2.24) is 0 Å². The fourth-order valence-corrected chi connectivity index (χ4v) is 3.75. The second-order valence-corrected chi connectivity index (χ2v) is 7.08. The Morgan fingerprint density at radius 2 is 1.82 bits per heavy atom. The predicted molar refractivity (Wildman–Crippen MR) is 108 cm³/mol. The molecule has 5 nitrogen and oxygen atoms in total. The molecular formula is C23H25NO4. The Balaban J connectivity index is 2.10. The third-order valence-corrected chi connectivity index (χ3v) is 5.08. The lowest BCUT2D eigenvalue weighted by atomic mass is 9.74. The van der Waals surface area contributed by atoms with Crippen molar-refractivity contribution in [1.29, 1.82) is 0 Å².